The van der Waals surface area contributed by atoms with Crippen LogP contribution in [0.25, 0.3) is 0 Å². The highest BCUT2D eigenvalue weighted by molar-refractivity contribution is 5.76. The maximum absolute atomic E-state index is 12.5. The van der Waals surface area contributed by atoms with Crippen LogP contribution in [0.1, 0.15) is 367 Å². The van der Waals surface area contributed by atoms with E-state index in [1.807, 2.05) is 0 Å². The number of esters is 1. The van der Waals surface area contributed by atoms with E-state index in [0.717, 1.165) is 38.5 Å². The van der Waals surface area contributed by atoms with E-state index >= 15 is 0 Å². The van der Waals surface area contributed by atoms with Crippen LogP contribution in [0.2, 0.25) is 0 Å². The summed E-state index contributed by atoms with van der Waals surface area (Å²) in [5, 5.41) is 23.4. The molecule has 3 N–H and O–H groups in total. The minimum atomic E-state index is -0.669. The number of nitrogens with one attached hydrogen (secondary N) is 1. The predicted molar refractivity (Wildman–Crippen MR) is 301 cm³/mol. The molecule has 2 unspecified atom stereocenters. The molecule has 0 radical (unpaired) electrons. The molecule has 0 aromatic rings. The Morgan fingerprint density at radius 3 is 0.884 bits per heavy atom. The first kappa shape index (κ1) is 67.9. The van der Waals surface area contributed by atoms with Gasteiger partial charge in [0.25, 0.3) is 0 Å². The van der Waals surface area contributed by atoms with Gasteiger partial charge in [0.15, 0.2) is 0 Å². The van der Waals surface area contributed by atoms with Gasteiger partial charge >= 0.3 is 5.97 Å². The number of amides is 1. The molecule has 2 atom stereocenters. The number of hydrogen-bond donors (Lipinski definition) is 3. The quantitative estimate of drug-likeness (QED) is 0.0417. The monoisotopic (exact) mass is 976 g/mol. The molecule has 0 aliphatic heterocycles. The maximum Gasteiger partial charge on any atom is 0.305 e. The van der Waals surface area contributed by atoms with Crippen molar-refractivity contribution in [1.29, 1.82) is 0 Å². The van der Waals surface area contributed by atoms with Crippen LogP contribution in [-0.4, -0.2) is 47.4 Å². The molecule has 69 heavy (non-hydrogen) atoms. The van der Waals surface area contributed by atoms with Crippen molar-refractivity contribution in [2.75, 3.05) is 13.2 Å². The fraction of sp³-hybridized carbons (Fsp3) is 0.968. The molecular formula is C63H125NO5. The van der Waals surface area contributed by atoms with Crippen molar-refractivity contribution in [2.45, 2.75) is 379 Å². The molecular weight excluding hydrogens is 851 g/mol. The van der Waals surface area contributed by atoms with E-state index in [-0.39, 0.29) is 18.5 Å². The third-order valence-electron chi connectivity index (χ3n) is 15.2. The van der Waals surface area contributed by atoms with Gasteiger partial charge in [-0.05, 0) is 25.7 Å². The van der Waals surface area contributed by atoms with Crippen LogP contribution in [0.5, 0.6) is 0 Å². The molecule has 0 aliphatic rings. The van der Waals surface area contributed by atoms with E-state index < -0.39 is 12.1 Å². The van der Waals surface area contributed by atoms with Gasteiger partial charge in [0.1, 0.15) is 0 Å². The van der Waals surface area contributed by atoms with Gasteiger partial charge in [0, 0.05) is 12.8 Å². The Labute approximate surface area is 432 Å². The molecule has 412 valence electrons. The molecule has 0 saturated carbocycles. The molecule has 0 aliphatic carbocycles. The standard InChI is InChI=1S/C63H125NO5/c1-3-5-7-9-11-13-15-17-19-20-21-22-23-24-28-31-35-39-43-47-51-55-61(66)60(59-65)64-62(67)56-52-48-44-40-36-32-29-25-26-30-34-38-42-46-50-54-58-69-63(68)57-53-49-45-41-37-33-27-18-16-14-12-10-8-6-4-2/h60-61,65-66H,3-59H2,1-2H3,(H,64,67). The summed E-state index contributed by atoms with van der Waals surface area (Å²) in [6.45, 7) is 4.98. The average Bonchev–Trinajstić information content (AvgIpc) is 3.35. The van der Waals surface area contributed by atoms with E-state index in [1.165, 1.54) is 295 Å². The summed E-state index contributed by atoms with van der Waals surface area (Å²) < 4.78 is 5.49. The lowest BCUT2D eigenvalue weighted by Gasteiger charge is -2.22. The lowest BCUT2D eigenvalue weighted by Crippen LogP contribution is -2.45. The first-order chi connectivity index (χ1) is 34.0. The Hall–Kier alpha value is -1.14. The van der Waals surface area contributed by atoms with Crippen molar-refractivity contribution in [3.8, 4) is 0 Å². The third kappa shape index (κ3) is 56.0. The molecule has 0 saturated heterocycles. The molecule has 6 heteroatoms. The second kappa shape index (κ2) is 59.4. The Bertz CT molecular complexity index is 990. The fourth-order valence-corrected chi connectivity index (χ4v) is 10.3. The lowest BCUT2D eigenvalue weighted by molar-refractivity contribution is -0.143. The van der Waals surface area contributed by atoms with Crippen molar-refractivity contribution >= 4 is 11.9 Å². The van der Waals surface area contributed by atoms with Crippen LogP contribution >= 0.6 is 0 Å². The van der Waals surface area contributed by atoms with Crippen molar-refractivity contribution in [3.05, 3.63) is 0 Å². The Morgan fingerprint density at radius 2 is 0.594 bits per heavy atom. The Balaban J connectivity index is 3.40. The second-order valence-electron chi connectivity index (χ2n) is 22.1. The second-order valence-corrected chi connectivity index (χ2v) is 22.1. The van der Waals surface area contributed by atoms with Gasteiger partial charge in [0.05, 0.1) is 25.4 Å². The molecule has 0 heterocycles. The summed E-state index contributed by atoms with van der Waals surface area (Å²) >= 11 is 0. The Morgan fingerprint density at radius 1 is 0.348 bits per heavy atom. The van der Waals surface area contributed by atoms with E-state index in [9.17, 15) is 19.8 Å². The number of aliphatic hydroxyl groups is 2. The first-order valence-electron chi connectivity index (χ1n) is 31.8. The number of ether oxygens (including phenoxy) is 1. The summed E-state index contributed by atoms with van der Waals surface area (Å²) in [7, 11) is 0. The normalized spacial score (nSPS) is 12.5. The largest absolute Gasteiger partial charge is 0.466 e. The molecule has 0 aromatic heterocycles. The van der Waals surface area contributed by atoms with Gasteiger partial charge in [0.2, 0.25) is 5.91 Å². The van der Waals surface area contributed by atoms with E-state index in [2.05, 4.69) is 19.2 Å². The van der Waals surface area contributed by atoms with Gasteiger partial charge in [-0.15, -0.1) is 0 Å². The third-order valence-corrected chi connectivity index (χ3v) is 15.2. The molecule has 0 bridgehead atoms. The summed E-state index contributed by atoms with van der Waals surface area (Å²) in [5.74, 6) is -0.0292. The summed E-state index contributed by atoms with van der Waals surface area (Å²) in [6, 6.07) is -0.546. The zero-order valence-corrected chi connectivity index (χ0v) is 47.1. The molecule has 0 rings (SSSR count). The first-order valence-corrected chi connectivity index (χ1v) is 31.8. The van der Waals surface area contributed by atoms with E-state index in [1.54, 1.807) is 0 Å². The number of carbonyl (C=O) groups excluding carboxylic acids is 2. The molecule has 0 spiro atoms. The number of carbonyl (C=O) groups is 2. The highest BCUT2D eigenvalue weighted by Crippen LogP contribution is 2.19. The van der Waals surface area contributed by atoms with Gasteiger partial charge in [-0.25, -0.2) is 0 Å². The summed E-state index contributed by atoms with van der Waals surface area (Å²) in [4.78, 5) is 24.6. The van der Waals surface area contributed by atoms with Crippen molar-refractivity contribution in [2.24, 2.45) is 0 Å². The Kier molecular flexibility index (Phi) is 58.4. The SMILES string of the molecule is CCCCCCCCCCCCCCCCCCCCCCCC(O)C(CO)NC(=O)CCCCCCCCCCCCCCCCCCOC(=O)CCCCCCCCCCCCCCCCC. The number of unbranched alkanes of at least 4 members (excludes halogenated alkanes) is 49. The van der Waals surface area contributed by atoms with Crippen LogP contribution in [0.15, 0.2) is 0 Å². The average molecular weight is 977 g/mol. The van der Waals surface area contributed by atoms with Gasteiger partial charge in [-0.1, -0.05) is 328 Å². The zero-order chi connectivity index (χ0) is 50.0. The van der Waals surface area contributed by atoms with E-state index in [0.29, 0.717) is 25.9 Å². The zero-order valence-electron chi connectivity index (χ0n) is 47.1. The van der Waals surface area contributed by atoms with Crippen molar-refractivity contribution < 1.29 is 24.5 Å². The predicted octanol–water partition coefficient (Wildman–Crippen LogP) is 19.9. The topological polar surface area (TPSA) is 95.9 Å². The summed E-state index contributed by atoms with van der Waals surface area (Å²) in [6.07, 6.45) is 69.6. The number of aliphatic hydroxyl groups excluding tert-OH is 2. The smallest absolute Gasteiger partial charge is 0.305 e. The minimum Gasteiger partial charge on any atom is -0.466 e. The van der Waals surface area contributed by atoms with E-state index in [4.69, 9.17) is 4.74 Å². The maximum atomic E-state index is 12.5. The highest BCUT2D eigenvalue weighted by Gasteiger charge is 2.20. The van der Waals surface area contributed by atoms with Crippen LogP contribution in [0.4, 0.5) is 0 Å². The van der Waals surface area contributed by atoms with Crippen molar-refractivity contribution in [3.63, 3.8) is 0 Å². The lowest BCUT2D eigenvalue weighted by atomic mass is 10.0. The van der Waals surface area contributed by atoms with Crippen molar-refractivity contribution in [1.82, 2.24) is 5.32 Å². The van der Waals surface area contributed by atoms with Crippen LogP contribution in [0.3, 0.4) is 0 Å². The molecule has 1 amide bonds. The number of rotatable bonds is 60. The van der Waals surface area contributed by atoms with Crippen LogP contribution < -0.4 is 5.32 Å². The number of hydrogen-bond acceptors (Lipinski definition) is 5. The molecule has 6 nitrogen and oxygen atoms in total. The summed E-state index contributed by atoms with van der Waals surface area (Å²) in [5.41, 5.74) is 0. The van der Waals surface area contributed by atoms with Gasteiger partial charge in [-0.3, -0.25) is 9.59 Å². The molecule has 0 fully saturated rings. The van der Waals surface area contributed by atoms with Gasteiger partial charge < -0.3 is 20.3 Å². The van der Waals surface area contributed by atoms with Crippen LogP contribution in [0, 0.1) is 0 Å². The fourth-order valence-electron chi connectivity index (χ4n) is 10.3. The van der Waals surface area contributed by atoms with Gasteiger partial charge in [-0.2, -0.15) is 0 Å². The minimum absolute atomic E-state index is 0.00759. The van der Waals surface area contributed by atoms with Crippen LogP contribution in [-0.2, 0) is 14.3 Å². The highest BCUT2D eigenvalue weighted by atomic mass is 16.5. The molecule has 0 aromatic carbocycles.